The number of nitrogens with one attached hydrogen (secondary N) is 1. The molecule has 0 amide bonds. The number of benzene rings is 1. The highest BCUT2D eigenvalue weighted by Gasteiger charge is 2.08. The van der Waals surface area contributed by atoms with E-state index in [4.69, 9.17) is 0 Å². The summed E-state index contributed by atoms with van der Waals surface area (Å²) in [4.78, 5) is 27.8. The highest BCUT2D eigenvalue weighted by molar-refractivity contribution is 5.79. The van der Waals surface area contributed by atoms with E-state index in [0.717, 1.165) is 28.7 Å². The molecule has 0 fully saturated rings. The minimum Gasteiger partial charge on any atom is -0.306 e. The molecule has 0 aliphatic rings. The van der Waals surface area contributed by atoms with Crippen molar-refractivity contribution in [3.8, 4) is 11.4 Å². The lowest BCUT2D eigenvalue weighted by molar-refractivity contribution is 0.955. The van der Waals surface area contributed by atoms with Crippen LogP contribution in [-0.2, 0) is 6.42 Å². The Morgan fingerprint density at radius 1 is 1.15 bits per heavy atom. The van der Waals surface area contributed by atoms with E-state index in [1.807, 2.05) is 25.1 Å². The van der Waals surface area contributed by atoms with Gasteiger partial charge in [-0.1, -0.05) is 6.92 Å². The summed E-state index contributed by atoms with van der Waals surface area (Å²) in [5.74, 6) is 0.574. The maximum absolute atomic E-state index is 11.9. The van der Waals surface area contributed by atoms with Gasteiger partial charge in [-0.25, -0.2) is 4.98 Å². The van der Waals surface area contributed by atoms with Gasteiger partial charge >= 0.3 is 0 Å². The van der Waals surface area contributed by atoms with E-state index in [1.54, 1.807) is 19.3 Å². The molecule has 100 valence electrons. The van der Waals surface area contributed by atoms with Crippen LogP contribution in [0.4, 0.5) is 0 Å². The third kappa shape index (κ3) is 2.07. The van der Waals surface area contributed by atoms with E-state index < -0.39 is 0 Å². The number of hydrogen-bond acceptors (Lipinski definition) is 4. The third-order valence-corrected chi connectivity index (χ3v) is 3.33. The van der Waals surface area contributed by atoms with E-state index in [9.17, 15) is 4.79 Å². The molecule has 0 atom stereocenters. The monoisotopic (exact) mass is 266 g/mol. The van der Waals surface area contributed by atoms with Crippen molar-refractivity contribution in [1.29, 1.82) is 0 Å². The van der Waals surface area contributed by atoms with Crippen molar-refractivity contribution in [2.45, 2.75) is 20.3 Å². The van der Waals surface area contributed by atoms with Crippen LogP contribution >= 0.6 is 0 Å². The first-order valence-corrected chi connectivity index (χ1v) is 6.50. The van der Waals surface area contributed by atoms with E-state index >= 15 is 0 Å². The lowest BCUT2D eigenvalue weighted by Gasteiger charge is -2.06. The van der Waals surface area contributed by atoms with E-state index in [2.05, 4.69) is 19.9 Å². The molecule has 0 saturated heterocycles. The fraction of sp³-hybridized carbons (Fsp3) is 0.200. The van der Waals surface area contributed by atoms with Crippen LogP contribution in [0.1, 0.15) is 18.2 Å². The highest BCUT2D eigenvalue weighted by atomic mass is 16.1. The molecule has 5 nitrogen and oxygen atoms in total. The Balaban J connectivity index is 2.20. The highest BCUT2D eigenvalue weighted by Crippen LogP contribution is 2.19. The molecule has 2 heterocycles. The summed E-state index contributed by atoms with van der Waals surface area (Å²) >= 11 is 0. The van der Waals surface area contributed by atoms with Crippen LogP contribution < -0.4 is 5.56 Å². The van der Waals surface area contributed by atoms with Gasteiger partial charge in [0.2, 0.25) is 0 Å². The molecule has 2 aromatic heterocycles. The molecule has 0 bridgehead atoms. The van der Waals surface area contributed by atoms with Gasteiger partial charge in [-0.15, -0.1) is 0 Å². The molecule has 20 heavy (non-hydrogen) atoms. The van der Waals surface area contributed by atoms with Crippen molar-refractivity contribution >= 4 is 11.0 Å². The summed E-state index contributed by atoms with van der Waals surface area (Å²) in [6.45, 7) is 3.78. The third-order valence-electron chi connectivity index (χ3n) is 3.33. The smallest absolute Gasteiger partial charge is 0.254 e. The minimum atomic E-state index is -0.0916. The van der Waals surface area contributed by atoms with Gasteiger partial charge in [0.05, 0.1) is 16.7 Å². The molecule has 0 aliphatic heterocycles. The maximum Gasteiger partial charge on any atom is 0.254 e. The second-order valence-electron chi connectivity index (χ2n) is 4.60. The first kappa shape index (κ1) is 12.5. The summed E-state index contributed by atoms with van der Waals surface area (Å²) in [7, 11) is 0. The fourth-order valence-electron chi connectivity index (χ4n) is 2.17. The van der Waals surface area contributed by atoms with Crippen LogP contribution in [0.25, 0.3) is 22.4 Å². The molecule has 1 aromatic carbocycles. The number of nitrogens with zero attached hydrogens (tertiary/aromatic N) is 3. The van der Waals surface area contributed by atoms with Gasteiger partial charge in [0.15, 0.2) is 0 Å². The van der Waals surface area contributed by atoms with Gasteiger partial charge in [0.1, 0.15) is 5.82 Å². The van der Waals surface area contributed by atoms with Crippen LogP contribution in [0.5, 0.6) is 0 Å². The van der Waals surface area contributed by atoms with E-state index in [0.29, 0.717) is 11.4 Å². The summed E-state index contributed by atoms with van der Waals surface area (Å²) < 4.78 is 0. The standard InChI is InChI=1S/C15H14N4O/c1-3-11-9(2)15(20)19-14(18-11)10-4-5-12-13(8-10)17-7-6-16-12/h4-8H,3H2,1-2H3,(H,18,19,20). The van der Waals surface area contributed by atoms with Crippen LogP contribution in [0.15, 0.2) is 35.4 Å². The molecule has 0 spiro atoms. The molecule has 3 aromatic rings. The maximum atomic E-state index is 11.9. The second kappa shape index (κ2) is 4.85. The van der Waals surface area contributed by atoms with Gasteiger partial charge in [-0.3, -0.25) is 14.8 Å². The van der Waals surface area contributed by atoms with Crippen LogP contribution in [-0.4, -0.2) is 19.9 Å². The second-order valence-corrected chi connectivity index (χ2v) is 4.60. The topological polar surface area (TPSA) is 71.5 Å². The van der Waals surface area contributed by atoms with E-state index in [1.165, 1.54) is 0 Å². The van der Waals surface area contributed by atoms with Crippen molar-refractivity contribution in [3.05, 3.63) is 52.2 Å². The molecule has 3 rings (SSSR count). The van der Waals surface area contributed by atoms with E-state index in [-0.39, 0.29) is 5.56 Å². The molecule has 1 N–H and O–H groups in total. The first-order chi connectivity index (χ1) is 9.69. The zero-order valence-electron chi connectivity index (χ0n) is 11.3. The lowest BCUT2D eigenvalue weighted by Crippen LogP contribution is -2.15. The summed E-state index contributed by atoms with van der Waals surface area (Å²) in [5, 5.41) is 0. The van der Waals surface area contributed by atoms with Crippen molar-refractivity contribution < 1.29 is 0 Å². The normalized spacial score (nSPS) is 10.9. The van der Waals surface area contributed by atoms with Gasteiger partial charge < -0.3 is 4.98 Å². The number of rotatable bonds is 2. The molecule has 0 unspecified atom stereocenters. The Bertz CT molecular complexity index is 839. The SMILES string of the molecule is CCc1nc(-c2ccc3nccnc3c2)[nH]c(=O)c1C. The first-order valence-electron chi connectivity index (χ1n) is 6.50. The van der Waals surface area contributed by atoms with Crippen molar-refractivity contribution in [2.24, 2.45) is 0 Å². The van der Waals surface area contributed by atoms with Crippen LogP contribution in [0, 0.1) is 6.92 Å². The quantitative estimate of drug-likeness (QED) is 0.772. The van der Waals surface area contributed by atoms with Gasteiger partial charge in [0, 0.05) is 23.5 Å². The number of fused-ring (bicyclic) bond motifs is 1. The van der Waals surface area contributed by atoms with Gasteiger partial charge in [-0.05, 0) is 31.5 Å². The molecule has 0 saturated carbocycles. The van der Waals surface area contributed by atoms with Crippen LogP contribution in [0.3, 0.4) is 0 Å². The van der Waals surface area contributed by atoms with Gasteiger partial charge in [0.25, 0.3) is 5.56 Å². The minimum absolute atomic E-state index is 0.0916. The van der Waals surface area contributed by atoms with Crippen molar-refractivity contribution in [1.82, 2.24) is 19.9 Å². The Labute approximate surface area is 115 Å². The predicted octanol–water partition coefficient (Wildman–Crippen LogP) is 2.25. The van der Waals surface area contributed by atoms with Gasteiger partial charge in [-0.2, -0.15) is 0 Å². The Morgan fingerprint density at radius 3 is 2.65 bits per heavy atom. The number of aromatic amines is 1. The molecule has 5 heteroatoms. The predicted molar refractivity (Wildman–Crippen MR) is 77.5 cm³/mol. The average molecular weight is 266 g/mol. The number of hydrogen-bond donors (Lipinski definition) is 1. The summed E-state index contributed by atoms with van der Waals surface area (Å²) in [6.07, 6.45) is 4.04. The molecular weight excluding hydrogens is 252 g/mol. The Hall–Kier alpha value is -2.56. The zero-order chi connectivity index (χ0) is 14.1. The Kier molecular flexibility index (Phi) is 3.02. The molecule has 0 radical (unpaired) electrons. The summed E-state index contributed by atoms with van der Waals surface area (Å²) in [6, 6.07) is 5.66. The van der Waals surface area contributed by atoms with Crippen LogP contribution in [0.2, 0.25) is 0 Å². The molecular formula is C15H14N4O. The average Bonchev–Trinajstić information content (AvgIpc) is 2.49. The fourth-order valence-corrected chi connectivity index (χ4v) is 2.17. The molecule has 0 aliphatic carbocycles. The zero-order valence-corrected chi connectivity index (χ0v) is 11.3. The summed E-state index contributed by atoms with van der Waals surface area (Å²) in [5.41, 5.74) is 3.85. The largest absolute Gasteiger partial charge is 0.306 e. The number of aryl methyl sites for hydroxylation is 1. The van der Waals surface area contributed by atoms with Crippen molar-refractivity contribution in [2.75, 3.05) is 0 Å². The van der Waals surface area contributed by atoms with Crippen molar-refractivity contribution in [3.63, 3.8) is 0 Å². The number of aromatic nitrogens is 4. The lowest BCUT2D eigenvalue weighted by atomic mass is 10.1. The Morgan fingerprint density at radius 2 is 1.90 bits per heavy atom. The number of H-pyrrole nitrogens is 1.